The predicted octanol–water partition coefficient (Wildman–Crippen LogP) is 1.28. The van der Waals surface area contributed by atoms with Crippen LogP contribution in [0.5, 0.6) is 0 Å². The van der Waals surface area contributed by atoms with Crippen molar-refractivity contribution in [2.24, 2.45) is 5.92 Å². The highest BCUT2D eigenvalue weighted by molar-refractivity contribution is 5.67. The summed E-state index contributed by atoms with van der Waals surface area (Å²) in [4.78, 5) is 21.6. The lowest BCUT2D eigenvalue weighted by Gasteiger charge is -2.21. The Bertz CT molecular complexity index is 236. The summed E-state index contributed by atoms with van der Waals surface area (Å²) < 4.78 is 10.2. The van der Waals surface area contributed by atoms with Crippen molar-refractivity contribution in [3.8, 4) is 0 Å². The average Bonchev–Trinajstić information content (AvgIpc) is 2.34. The minimum atomic E-state index is -0.319. The first-order valence-corrected chi connectivity index (χ1v) is 4.85. The summed E-state index contributed by atoms with van der Waals surface area (Å²) in [6, 6.07) is 0. The van der Waals surface area contributed by atoms with Crippen LogP contribution >= 0.6 is 0 Å². The van der Waals surface area contributed by atoms with E-state index in [1.54, 1.807) is 0 Å². The van der Waals surface area contributed by atoms with Gasteiger partial charge in [-0.25, -0.2) is 0 Å². The van der Waals surface area contributed by atoms with Gasteiger partial charge in [0.25, 0.3) is 0 Å². The van der Waals surface area contributed by atoms with E-state index in [9.17, 15) is 9.59 Å². The van der Waals surface area contributed by atoms with E-state index >= 15 is 0 Å². The maximum atomic E-state index is 10.8. The molecule has 14 heavy (non-hydrogen) atoms. The summed E-state index contributed by atoms with van der Waals surface area (Å²) in [5, 5.41) is 0. The van der Waals surface area contributed by atoms with Gasteiger partial charge in [-0.3, -0.25) is 9.59 Å². The van der Waals surface area contributed by atoms with Crippen LogP contribution in [-0.4, -0.2) is 24.1 Å². The molecule has 0 aromatic rings. The fraction of sp³-hybridized carbons (Fsp3) is 0.800. The second-order valence-electron chi connectivity index (χ2n) is 3.78. The SMILES string of the molecule is CC(=O)OC1CCC(C)C1OC(C)=O. The molecule has 0 aromatic carbocycles. The van der Waals surface area contributed by atoms with Crippen LogP contribution in [0.25, 0.3) is 0 Å². The zero-order chi connectivity index (χ0) is 10.7. The maximum absolute atomic E-state index is 10.8. The van der Waals surface area contributed by atoms with Crippen molar-refractivity contribution in [2.45, 2.75) is 45.8 Å². The van der Waals surface area contributed by atoms with Crippen molar-refractivity contribution in [3.63, 3.8) is 0 Å². The average molecular weight is 200 g/mol. The van der Waals surface area contributed by atoms with Crippen molar-refractivity contribution in [3.05, 3.63) is 0 Å². The molecule has 3 atom stereocenters. The molecule has 0 spiro atoms. The molecule has 1 fully saturated rings. The summed E-state index contributed by atoms with van der Waals surface area (Å²) in [6.45, 7) is 4.74. The van der Waals surface area contributed by atoms with Gasteiger partial charge in [-0.15, -0.1) is 0 Å². The predicted molar refractivity (Wildman–Crippen MR) is 49.5 cm³/mol. The van der Waals surface area contributed by atoms with Crippen molar-refractivity contribution in [1.82, 2.24) is 0 Å². The smallest absolute Gasteiger partial charge is 0.303 e. The number of rotatable bonds is 2. The fourth-order valence-corrected chi connectivity index (χ4v) is 1.84. The van der Waals surface area contributed by atoms with E-state index in [1.807, 2.05) is 6.92 Å². The summed E-state index contributed by atoms with van der Waals surface area (Å²) in [6.07, 6.45) is 1.18. The van der Waals surface area contributed by atoms with Crippen LogP contribution < -0.4 is 0 Å². The molecule has 0 aromatic heterocycles. The molecule has 4 nitrogen and oxygen atoms in total. The quantitative estimate of drug-likeness (QED) is 0.630. The van der Waals surface area contributed by atoms with Crippen molar-refractivity contribution in [2.75, 3.05) is 0 Å². The molecule has 4 heteroatoms. The highest BCUT2D eigenvalue weighted by Gasteiger charge is 2.37. The normalized spacial score (nSPS) is 31.2. The lowest BCUT2D eigenvalue weighted by atomic mass is 10.1. The van der Waals surface area contributed by atoms with E-state index in [1.165, 1.54) is 13.8 Å². The van der Waals surface area contributed by atoms with Crippen LogP contribution in [0.3, 0.4) is 0 Å². The van der Waals surface area contributed by atoms with Gasteiger partial charge in [0.15, 0.2) is 0 Å². The molecular formula is C10H16O4. The molecule has 0 bridgehead atoms. The van der Waals surface area contributed by atoms with Gasteiger partial charge in [0.2, 0.25) is 0 Å². The van der Waals surface area contributed by atoms with E-state index in [0.717, 1.165) is 12.8 Å². The fourth-order valence-electron chi connectivity index (χ4n) is 1.84. The molecule has 0 radical (unpaired) electrons. The molecule has 0 saturated heterocycles. The number of carbonyl (C=O) groups is 2. The van der Waals surface area contributed by atoms with Gasteiger partial charge in [-0.05, 0) is 18.8 Å². The highest BCUT2D eigenvalue weighted by Crippen LogP contribution is 2.30. The molecule has 0 N–H and O–H groups in total. The minimum Gasteiger partial charge on any atom is -0.459 e. The third-order valence-electron chi connectivity index (χ3n) is 2.45. The molecule has 3 unspecified atom stereocenters. The second-order valence-corrected chi connectivity index (χ2v) is 3.78. The molecule has 0 amide bonds. The molecule has 1 aliphatic carbocycles. The molecule has 1 saturated carbocycles. The number of esters is 2. The van der Waals surface area contributed by atoms with E-state index in [0.29, 0.717) is 0 Å². The van der Waals surface area contributed by atoms with Gasteiger partial charge in [0, 0.05) is 13.8 Å². The van der Waals surface area contributed by atoms with Gasteiger partial charge >= 0.3 is 11.9 Å². The number of ether oxygens (including phenoxy) is 2. The maximum Gasteiger partial charge on any atom is 0.303 e. The van der Waals surface area contributed by atoms with Crippen LogP contribution in [0.15, 0.2) is 0 Å². The Morgan fingerprint density at radius 3 is 2.14 bits per heavy atom. The Kier molecular flexibility index (Phi) is 3.49. The van der Waals surface area contributed by atoms with Crippen molar-refractivity contribution < 1.29 is 19.1 Å². The Morgan fingerprint density at radius 1 is 1.07 bits per heavy atom. The zero-order valence-corrected chi connectivity index (χ0v) is 8.78. The van der Waals surface area contributed by atoms with E-state index in [2.05, 4.69) is 0 Å². The first-order chi connectivity index (χ1) is 6.50. The monoisotopic (exact) mass is 200 g/mol. The first kappa shape index (κ1) is 11.0. The van der Waals surface area contributed by atoms with Gasteiger partial charge in [-0.2, -0.15) is 0 Å². The molecular weight excluding hydrogens is 184 g/mol. The standard InChI is InChI=1S/C10H16O4/c1-6-4-5-9(13-7(2)11)10(6)14-8(3)12/h6,9-10H,4-5H2,1-3H3. The first-order valence-electron chi connectivity index (χ1n) is 4.85. The lowest BCUT2D eigenvalue weighted by Crippen LogP contribution is -2.32. The second kappa shape index (κ2) is 4.44. The molecule has 0 heterocycles. The Hall–Kier alpha value is -1.06. The minimum absolute atomic E-state index is 0.258. The number of hydrogen-bond acceptors (Lipinski definition) is 4. The Morgan fingerprint density at radius 2 is 1.64 bits per heavy atom. The summed E-state index contributed by atoms with van der Waals surface area (Å²) in [5.74, 6) is -0.370. The summed E-state index contributed by atoms with van der Waals surface area (Å²) >= 11 is 0. The number of carbonyl (C=O) groups excluding carboxylic acids is 2. The third kappa shape index (κ3) is 2.72. The highest BCUT2D eigenvalue weighted by atomic mass is 16.6. The molecule has 1 rings (SSSR count). The molecule has 0 aliphatic heterocycles. The van der Waals surface area contributed by atoms with E-state index < -0.39 is 0 Å². The van der Waals surface area contributed by atoms with Crippen molar-refractivity contribution >= 4 is 11.9 Å². The summed E-state index contributed by atoms with van der Waals surface area (Å²) in [5.41, 5.74) is 0. The van der Waals surface area contributed by atoms with Crippen LogP contribution in [0.2, 0.25) is 0 Å². The van der Waals surface area contributed by atoms with Crippen LogP contribution in [0, 0.1) is 5.92 Å². The van der Waals surface area contributed by atoms with Gasteiger partial charge in [0.05, 0.1) is 0 Å². The largest absolute Gasteiger partial charge is 0.459 e. The Labute approximate surface area is 83.6 Å². The van der Waals surface area contributed by atoms with E-state index in [4.69, 9.17) is 9.47 Å². The molecule has 1 aliphatic rings. The third-order valence-corrected chi connectivity index (χ3v) is 2.45. The Balaban J connectivity index is 2.56. The van der Waals surface area contributed by atoms with Gasteiger partial charge < -0.3 is 9.47 Å². The van der Waals surface area contributed by atoms with Gasteiger partial charge in [-0.1, -0.05) is 6.92 Å². The molecule has 80 valence electrons. The van der Waals surface area contributed by atoms with Gasteiger partial charge in [0.1, 0.15) is 12.2 Å². The zero-order valence-electron chi connectivity index (χ0n) is 8.78. The van der Waals surface area contributed by atoms with Crippen LogP contribution in [0.4, 0.5) is 0 Å². The number of hydrogen-bond donors (Lipinski definition) is 0. The van der Waals surface area contributed by atoms with Crippen LogP contribution in [-0.2, 0) is 19.1 Å². The lowest BCUT2D eigenvalue weighted by molar-refractivity contribution is -0.164. The van der Waals surface area contributed by atoms with Crippen LogP contribution in [0.1, 0.15) is 33.6 Å². The summed E-state index contributed by atoms with van der Waals surface area (Å²) in [7, 11) is 0. The topological polar surface area (TPSA) is 52.6 Å². The van der Waals surface area contributed by atoms with Crippen molar-refractivity contribution in [1.29, 1.82) is 0 Å². The van der Waals surface area contributed by atoms with E-state index in [-0.39, 0.29) is 30.1 Å².